The molecule has 9 nitrogen and oxygen atoms in total. The van der Waals surface area contributed by atoms with Gasteiger partial charge in [-0.1, -0.05) is 109 Å². The number of rotatable bonds is 7. The van der Waals surface area contributed by atoms with E-state index < -0.39 is 0 Å². The molecule has 0 atom stereocenters. The molecule has 0 fully saturated rings. The van der Waals surface area contributed by atoms with E-state index in [0.717, 1.165) is 88.4 Å². The Morgan fingerprint density at radius 2 is 0.819 bits per heavy atom. The fourth-order valence-electron chi connectivity index (χ4n) is 9.91. The molecule has 0 spiro atoms. The van der Waals surface area contributed by atoms with Crippen LogP contribution < -0.4 is 0 Å². The van der Waals surface area contributed by atoms with Crippen molar-refractivity contribution in [2.75, 3.05) is 0 Å². The molecule has 72 heavy (non-hydrogen) atoms. The highest BCUT2D eigenvalue weighted by Crippen LogP contribution is 2.45. The first-order chi connectivity index (χ1) is 35.4. The summed E-state index contributed by atoms with van der Waals surface area (Å²) in [6.45, 7) is 24.3. The Kier molecular flexibility index (Phi) is 10.2. The van der Waals surface area contributed by atoms with E-state index in [1.165, 1.54) is 0 Å². The lowest BCUT2D eigenvalue weighted by molar-refractivity contribution is 1.09. The van der Waals surface area contributed by atoms with Crippen LogP contribution in [0.2, 0.25) is 0 Å². The van der Waals surface area contributed by atoms with Crippen molar-refractivity contribution < 1.29 is 0 Å². The monoisotopic (exact) mass is 915 g/mol. The predicted octanol–water partition coefficient (Wildman–Crippen LogP) is 16.4. The first kappa shape index (κ1) is 42.5. The molecule has 0 saturated carbocycles. The molecule has 0 aliphatic heterocycles. The summed E-state index contributed by atoms with van der Waals surface area (Å²) >= 11 is 0. The molecule has 0 N–H and O–H groups in total. The third-order valence-electron chi connectivity index (χ3n) is 13.2. The number of hydrogen-bond donors (Lipinski definition) is 0. The summed E-state index contributed by atoms with van der Waals surface area (Å²) in [5, 5.41) is 23.6. The van der Waals surface area contributed by atoms with Crippen LogP contribution in [0, 0.1) is 42.4 Å². The summed E-state index contributed by atoms with van der Waals surface area (Å²) in [6, 6.07) is 69.7. The third kappa shape index (κ3) is 7.15. The third-order valence-corrected chi connectivity index (χ3v) is 13.2. The molecule has 9 aromatic carbocycles. The van der Waals surface area contributed by atoms with E-state index in [9.17, 15) is 10.5 Å². The molecule has 0 bridgehead atoms. The Balaban J connectivity index is 1.18. The first-order valence-corrected chi connectivity index (χ1v) is 22.9. The lowest BCUT2D eigenvalue weighted by Crippen LogP contribution is -2.05. The number of benzene rings is 9. The summed E-state index contributed by atoms with van der Waals surface area (Å²) in [5.74, 6) is 0.398. The van der Waals surface area contributed by atoms with Gasteiger partial charge in [0.25, 0.3) is 0 Å². The van der Waals surface area contributed by atoms with Crippen molar-refractivity contribution in [3.05, 3.63) is 246 Å². The molecule has 0 amide bonds. The van der Waals surface area contributed by atoms with Crippen LogP contribution in [-0.2, 0) is 0 Å². The van der Waals surface area contributed by atoms with Gasteiger partial charge in [-0.3, -0.25) is 0 Å². The van der Waals surface area contributed by atoms with E-state index in [2.05, 4.69) is 84.3 Å². The molecule has 3 aromatic heterocycles. The van der Waals surface area contributed by atoms with Gasteiger partial charge in [0, 0.05) is 49.4 Å². The minimum absolute atomic E-state index is 0.358. The van der Waals surface area contributed by atoms with Crippen molar-refractivity contribution in [2.45, 2.75) is 0 Å². The maximum absolute atomic E-state index is 9.89. The van der Waals surface area contributed by atoms with Gasteiger partial charge in [0.15, 0.2) is 17.1 Å². The van der Waals surface area contributed by atoms with E-state index in [0.29, 0.717) is 51.0 Å². The van der Waals surface area contributed by atoms with Gasteiger partial charge >= 0.3 is 0 Å². The SMILES string of the molecule is [C-]#[N+]c1cc(C#N)cc(-c2ccc3c(c2)c2ccccc2n3-c2cc([N+]#[C-])c(-c3nc(-c4ccccc4)cc(-c4ccccc4)n3)cc2-n2c3ccccc3c3cc(-c4cc(C#N)cc([N+]#[C-])c4)ccc32)c1. The number of hydrogen-bond acceptors (Lipinski definition) is 4. The highest BCUT2D eigenvalue weighted by Gasteiger charge is 2.24. The van der Waals surface area contributed by atoms with Crippen molar-refractivity contribution in [3.63, 3.8) is 0 Å². The number of nitrogens with zero attached hydrogens (tertiary/aromatic N) is 9. The second kappa shape index (κ2) is 17.3. The first-order valence-electron chi connectivity index (χ1n) is 22.9. The van der Waals surface area contributed by atoms with Crippen molar-refractivity contribution in [1.82, 2.24) is 19.1 Å². The van der Waals surface area contributed by atoms with Gasteiger partial charge in [0.05, 0.1) is 76.7 Å². The molecule has 12 aromatic rings. The van der Waals surface area contributed by atoms with E-state index in [1.54, 1.807) is 12.1 Å². The Hall–Kier alpha value is -10.9. The quantitative estimate of drug-likeness (QED) is 0.149. The molecular weight excluding hydrogens is 883 g/mol. The molecule has 330 valence electrons. The zero-order valence-electron chi connectivity index (χ0n) is 38.1. The van der Waals surface area contributed by atoms with Crippen molar-refractivity contribution >= 4 is 60.7 Å². The maximum atomic E-state index is 9.89. The number of aromatic nitrogens is 4. The van der Waals surface area contributed by atoms with Crippen LogP contribution in [0.5, 0.6) is 0 Å². The fraction of sp³-hybridized carbons (Fsp3) is 0. The summed E-state index contributed by atoms with van der Waals surface area (Å²) in [4.78, 5) is 22.0. The second-order valence-corrected chi connectivity index (χ2v) is 17.3. The van der Waals surface area contributed by atoms with Crippen LogP contribution in [0.1, 0.15) is 11.1 Å². The lowest BCUT2D eigenvalue weighted by Gasteiger charge is -2.20. The Morgan fingerprint density at radius 1 is 0.375 bits per heavy atom. The zero-order chi connectivity index (χ0) is 48.9. The highest BCUT2D eigenvalue weighted by molar-refractivity contribution is 6.13. The van der Waals surface area contributed by atoms with Crippen LogP contribution in [0.3, 0.4) is 0 Å². The van der Waals surface area contributed by atoms with E-state index >= 15 is 0 Å². The molecule has 3 heterocycles. The Labute approximate surface area is 413 Å². The van der Waals surface area contributed by atoms with Gasteiger partial charge in [0.1, 0.15) is 5.82 Å². The van der Waals surface area contributed by atoms with Crippen molar-refractivity contribution in [3.8, 4) is 79.7 Å². The summed E-state index contributed by atoms with van der Waals surface area (Å²) in [7, 11) is 0. The maximum Gasteiger partial charge on any atom is 0.200 e. The van der Waals surface area contributed by atoms with Crippen LogP contribution in [0.25, 0.3) is 126 Å². The minimum Gasteiger partial charge on any atom is -0.308 e. The van der Waals surface area contributed by atoms with Gasteiger partial charge in [-0.2, -0.15) is 10.5 Å². The van der Waals surface area contributed by atoms with Crippen LogP contribution >= 0.6 is 0 Å². The van der Waals surface area contributed by atoms with Gasteiger partial charge in [0.2, 0.25) is 0 Å². The molecule has 0 aliphatic carbocycles. The van der Waals surface area contributed by atoms with Gasteiger partial charge < -0.3 is 9.13 Å². The van der Waals surface area contributed by atoms with E-state index in [1.807, 2.05) is 140 Å². The summed E-state index contributed by atoms with van der Waals surface area (Å²) in [6.07, 6.45) is 0. The van der Waals surface area contributed by atoms with E-state index in [-0.39, 0.29) is 0 Å². The standard InChI is InChI=1S/C63H33N9/c1-66-47-28-39(37-64)26-45(30-47)43-22-24-59-51(32-43)49-18-10-12-20-57(49)71(59)61-34-53(63-69-54(41-14-6-4-7-15-41)35-55(70-63)42-16-8-5-9-17-42)56(68-3)36-62(61)72-58-21-13-11-19-50(58)52-33-44(23-25-60(52)72)46-27-40(38-65)29-48(31-46)67-2/h4-36H. The minimum atomic E-state index is 0.358. The van der Waals surface area contributed by atoms with Crippen molar-refractivity contribution in [2.24, 2.45) is 0 Å². The van der Waals surface area contributed by atoms with Crippen LogP contribution in [-0.4, -0.2) is 19.1 Å². The topological polar surface area (TPSA) is 96.3 Å². The number of fused-ring (bicyclic) bond motifs is 6. The Morgan fingerprint density at radius 3 is 1.28 bits per heavy atom. The molecule has 0 unspecified atom stereocenters. The van der Waals surface area contributed by atoms with Gasteiger partial charge in [-0.15, -0.1) is 0 Å². The highest BCUT2D eigenvalue weighted by atomic mass is 15.1. The second-order valence-electron chi connectivity index (χ2n) is 17.3. The van der Waals surface area contributed by atoms with Gasteiger partial charge in [-0.05, 0) is 113 Å². The lowest BCUT2D eigenvalue weighted by atomic mass is 10.00. The molecule has 9 heteroatoms. The molecule has 0 radical (unpaired) electrons. The normalized spacial score (nSPS) is 11.0. The number of nitriles is 2. The van der Waals surface area contributed by atoms with Crippen LogP contribution in [0.15, 0.2) is 200 Å². The fourth-order valence-corrected chi connectivity index (χ4v) is 9.91. The Bertz CT molecular complexity index is 4330. The smallest absolute Gasteiger partial charge is 0.200 e. The molecule has 0 aliphatic rings. The summed E-state index contributed by atoms with van der Waals surface area (Å²) < 4.78 is 4.45. The average molecular weight is 916 g/mol. The summed E-state index contributed by atoms with van der Waals surface area (Å²) in [5.41, 5.74) is 14.1. The van der Waals surface area contributed by atoms with E-state index in [4.69, 9.17) is 29.7 Å². The van der Waals surface area contributed by atoms with Crippen molar-refractivity contribution in [1.29, 1.82) is 10.5 Å². The predicted molar refractivity (Wildman–Crippen MR) is 286 cm³/mol. The molecular formula is C63H33N9. The van der Waals surface area contributed by atoms with Gasteiger partial charge in [-0.25, -0.2) is 24.5 Å². The number of para-hydroxylation sites is 2. The molecule has 0 saturated heterocycles. The average Bonchev–Trinajstić information content (AvgIpc) is 3.96. The largest absolute Gasteiger partial charge is 0.308 e. The molecule has 12 rings (SSSR count). The van der Waals surface area contributed by atoms with Crippen LogP contribution in [0.4, 0.5) is 17.1 Å². The zero-order valence-corrected chi connectivity index (χ0v) is 38.1.